The normalized spacial score (nSPS) is 17.2. The molecule has 3 aromatic rings. The van der Waals surface area contributed by atoms with Crippen molar-refractivity contribution < 1.29 is 13.7 Å². The fourth-order valence-electron chi connectivity index (χ4n) is 4.38. The van der Waals surface area contributed by atoms with Crippen LogP contribution >= 0.6 is 0 Å². The molecule has 31 heavy (non-hydrogen) atoms. The van der Waals surface area contributed by atoms with E-state index in [-0.39, 0.29) is 11.3 Å². The molecule has 3 heterocycles. The summed E-state index contributed by atoms with van der Waals surface area (Å²) in [4.78, 5) is 15.3. The van der Waals surface area contributed by atoms with E-state index in [1.165, 1.54) is 11.1 Å². The number of carbonyl (C=O) groups excluding carboxylic acids is 1. The van der Waals surface area contributed by atoms with Crippen molar-refractivity contribution in [2.45, 2.75) is 58.8 Å². The molecule has 0 bridgehead atoms. The molecule has 0 N–H and O–H groups in total. The number of aryl methyl sites for hydroxylation is 2. The smallest absolute Gasteiger partial charge is 0.259 e. The molecule has 1 saturated heterocycles. The third-order valence-electron chi connectivity index (χ3n) is 6.29. The van der Waals surface area contributed by atoms with Crippen LogP contribution in [-0.4, -0.2) is 29.1 Å². The third-order valence-corrected chi connectivity index (χ3v) is 6.29. The molecule has 0 aliphatic carbocycles. The van der Waals surface area contributed by atoms with Crippen molar-refractivity contribution in [3.8, 4) is 11.5 Å². The second-order valence-corrected chi connectivity index (χ2v) is 9.69. The van der Waals surface area contributed by atoms with E-state index in [9.17, 15) is 4.79 Å². The zero-order chi connectivity index (χ0) is 22.0. The molecule has 0 saturated carbocycles. The Morgan fingerprint density at radius 2 is 1.97 bits per heavy atom. The van der Waals surface area contributed by atoms with Crippen molar-refractivity contribution >= 4 is 5.91 Å². The summed E-state index contributed by atoms with van der Waals surface area (Å²) in [5.41, 5.74) is 4.04. The summed E-state index contributed by atoms with van der Waals surface area (Å²) in [7, 11) is 0. The van der Waals surface area contributed by atoms with Gasteiger partial charge in [-0.15, -0.1) is 0 Å². The highest BCUT2D eigenvalue weighted by atomic mass is 16.5. The van der Waals surface area contributed by atoms with E-state index in [0.717, 1.165) is 38.8 Å². The molecule has 1 unspecified atom stereocenters. The number of furan rings is 1. The molecule has 5 nitrogen and oxygen atoms in total. The fourth-order valence-corrected chi connectivity index (χ4v) is 4.38. The predicted molar refractivity (Wildman–Crippen MR) is 121 cm³/mol. The van der Waals surface area contributed by atoms with Gasteiger partial charge in [0.2, 0.25) is 5.76 Å². The average Bonchev–Trinajstić information content (AvgIpc) is 3.41. The Morgan fingerprint density at radius 1 is 1.19 bits per heavy atom. The molecule has 1 aliphatic rings. The molecule has 1 aromatic carbocycles. The van der Waals surface area contributed by atoms with Crippen molar-refractivity contribution in [2.24, 2.45) is 5.92 Å². The first kappa shape index (κ1) is 21.4. The number of rotatable bonds is 5. The van der Waals surface area contributed by atoms with Gasteiger partial charge in [-0.1, -0.05) is 50.2 Å². The maximum atomic E-state index is 13.3. The lowest BCUT2D eigenvalue weighted by molar-refractivity contribution is 0.0667. The second-order valence-electron chi connectivity index (χ2n) is 9.69. The number of aromatic nitrogens is 1. The lowest BCUT2D eigenvalue weighted by Gasteiger charge is -2.33. The van der Waals surface area contributed by atoms with Gasteiger partial charge in [0.15, 0.2) is 5.76 Å². The molecule has 0 radical (unpaired) electrons. The van der Waals surface area contributed by atoms with Crippen LogP contribution in [0.1, 0.15) is 67.2 Å². The Morgan fingerprint density at radius 3 is 2.65 bits per heavy atom. The highest BCUT2D eigenvalue weighted by Gasteiger charge is 2.30. The molecule has 1 aliphatic heterocycles. The van der Waals surface area contributed by atoms with E-state index in [1.54, 1.807) is 18.4 Å². The topological polar surface area (TPSA) is 59.5 Å². The lowest BCUT2D eigenvalue weighted by atomic mass is 9.86. The number of carbonyl (C=O) groups is 1. The highest BCUT2D eigenvalue weighted by Crippen LogP contribution is 2.30. The molecular weight excluding hydrogens is 388 g/mol. The Hall–Kier alpha value is -2.82. The zero-order valence-corrected chi connectivity index (χ0v) is 19.0. The van der Waals surface area contributed by atoms with Crippen LogP contribution in [-0.2, 0) is 11.8 Å². The Kier molecular flexibility index (Phi) is 6.03. The SMILES string of the molecule is Cc1noc(-c2ccco2)c1C(=O)N1CCCC(CCc2ccc(C(C)(C)C)cc2)C1. The largest absolute Gasteiger partial charge is 0.461 e. The number of hydrogen-bond acceptors (Lipinski definition) is 4. The molecule has 1 atom stereocenters. The second kappa shape index (κ2) is 8.74. The first-order chi connectivity index (χ1) is 14.8. The van der Waals surface area contributed by atoms with Crippen molar-refractivity contribution in [3.63, 3.8) is 0 Å². The van der Waals surface area contributed by atoms with Gasteiger partial charge >= 0.3 is 0 Å². The Bertz CT molecular complexity index is 1010. The molecule has 0 spiro atoms. The van der Waals surface area contributed by atoms with Crippen LogP contribution in [0, 0.1) is 12.8 Å². The minimum absolute atomic E-state index is 0.00983. The fraction of sp³-hybridized carbons (Fsp3) is 0.462. The van der Waals surface area contributed by atoms with Crippen molar-refractivity contribution in [1.82, 2.24) is 10.1 Å². The number of nitrogens with zero attached hydrogens (tertiary/aromatic N) is 2. The Labute approximate surface area is 184 Å². The van der Waals surface area contributed by atoms with E-state index >= 15 is 0 Å². The molecule has 5 heteroatoms. The quantitative estimate of drug-likeness (QED) is 0.506. The van der Waals surface area contributed by atoms with Crippen LogP contribution in [0.2, 0.25) is 0 Å². The molecule has 164 valence electrons. The van der Waals surface area contributed by atoms with Crippen molar-refractivity contribution in [2.75, 3.05) is 13.1 Å². The van der Waals surface area contributed by atoms with Crippen LogP contribution in [0.15, 0.2) is 51.6 Å². The summed E-state index contributed by atoms with van der Waals surface area (Å²) in [6.45, 7) is 10.1. The predicted octanol–water partition coefficient (Wildman–Crippen LogP) is 6.03. The Balaban J connectivity index is 1.40. The third kappa shape index (κ3) is 4.76. The van der Waals surface area contributed by atoms with Gasteiger partial charge in [-0.2, -0.15) is 0 Å². The molecule has 1 fully saturated rings. The van der Waals surface area contributed by atoms with Gasteiger partial charge in [-0.25, -0.2) is 0 Å². The minimum atomic E-state index is -0.00983. The summed E-state index contributed by atoms with van der Waals surface area (Å²) in [6.07, 6.45) is 5.90. The standard InChI is InChI=1S/C26H32N2O3/c1-18-23(24(31-27-18)22-8-6-16-30-22)25(29)28-15-5-7-20(17-28)10-9-19-11-13-21(14-12-19)26(2,3)4/h6,8,11-14,16,20H,5,7,9-10,15,17H2,1-4H3. The van der Waals surface area contributed by atoms with E-state index in [0.29, 0.717) is 28.7 Å². The number of piperidine rings is 1. The van der Waals surface area contributed by atoms with E-state index < -0.39 is 0 Å². The van der Waals surface area contributed by atoms with Crippen molar-refractivity contribution in [3.05, 3.63) is 65.0 Å². The summed E-state index contributed by atoms with van der Waals surface area (Å²) in [6, 6.07) is 12.6. The van der Waals surface area contributed by atoms with E-state index in [1.807, 2.05) is 11.8 Å². The van der Waals surface area contributed by atoms with Gasteiger partial charge in [-0.05, 0) is 67.2 Å². The number of amides is 1. The monoisotopic (exact) mass is 420 g/mol. The summed E-state index contributed by atoms with van der Waals surface area (Å²) < 4.78 is 10.9. The van der Waals surface area contributed by atoms with Crippen LogP contribution < -0.4 is 0 Å². The zero-order valence-electron chi connectivity index (χ0n) is 19.0. The van der Waals surface area contributed by atoms with Gasteiger partial charge in [0, 0.05) is 13.1 Å². The average molecular weight is 421 g/mol. The van der Waals surface area contributed by atoms with Gasteiger partial charge in [0.1, 0.15) is 5.56 Å². The molecular formula is C26H32N2O3. The number of benzene rings is 1. The van der Waals surface area contributed by atoms with Crippen LogP contribution in [0.5, 0.6) is 0 Å². The van der Waals surface area contributed by atoms with Gasteiger partial charge in [0.05, 0.1) is 12.0 Å². The van der Waals surface area contributed by atoms with Crippen LogP contribution in [0.3, 0.4) is 0 Å². The van der Waals surface area contributed by atoms with Crippen LogP contribution in [0.4, 0.5) is 0 Å². The molecule has 4 rings (SSSR count). The van der Waals surface area contributed by atoms with E-state index in [2.05, 4.69) is 50.2 Å². The van der Waals surface area contributed by atoms with Crippen LogP contribution in [0.25, 0.3) is 11.5 Å². The maximum Gasteiger partial charge on any atom is 0.259 e. The lowest BCUT2D eigenvalue weighted by Crippen LogP contribution is -2.40. The maximum absolute atomic E-state index is 13.3. The number of hydrogen-bond donors (Lipinski definition) is 0. The summed E-state index contributed by atoms with van der Waals surface area (Å²) in [5, 5.41) is 4.03. The number of likely N-dealkylation sites (tertiary alicyclic amines) is 1. The minimum Gasteiger partial charge on any atom is -0.461 e. The molecule has 1 amide bonds. The summed E-state index contributed by atoms with van der Waals surface area (Å²) >= 11 is 0. The first-order valence-electron chi connectivity index (χ1n) is 11.2. The van der Waals surface area contributed by atoms with Gasteiger partial charge in [-0.3, -0.25) is 4.79 Å². The van der Waals surface area contributed by atoms with Crippen molar-refractivity contribution in [1.29, 1.82) is 0 Å². The first-order valence-corrected chi connectivity index (χ1v) is 11.2. The molecule has 2 aromatic heterocycles. The highest BCUT2D eigenvalue weighted by molar-refractivity contribution is 6.00. The van der Waals surface area contributed by atoms with E-state index in [4.69, 9.17) is 8.94 Å². The van der Waals surface area contributed by atoms with Gasteiger partial charge in [0.25, 0.3) is 5.91 Å². The summed E-state index contributed by atoms with van der Waals surface area (Å²) in [5.74, 6) is 1.46. The van der Waals surface area contributed by atoms with Gasteiger partial charge < -0.3 is 13.8 Å².